The van der Waals surface area contributed by atoms with Gasteiger partial charge in [-0.2, -0.15) is 5.10 Å². The van der Waals surface area contributed by atoms with Gasteiger partial charge in [0.15, 0.2) is 5.13 Å². The number of benzene rings is 2. The monoisotopic (exact) mass is 406 g/mol. The second-order valence-electron chi connectivity index (χ2n) is 7.71. The molecule has 1 atom stereocenters. The molecule has 0 radical (unpaired) electrons. The zero-order valence-corrected chi connectivity index (χ0v) is 18.2. The van der Waals surface area contributed by atoms with Gasteiger partial charge >= 0.3 is 0 Å². The molecule has 0 spiro atoms. The molecule has 4 nitrogen and oxygen atoms in total. The van der Waals surface area contributed by atoms with Gasteiger partial charge in [-0.05, 0) is 55.0 Å². The zero-order valence-electron chi connectivity index (χ0n) is 17.3. The van der Waals surface area contributed by atoms with E-state index in [0.29, 0.717) is 12.0 Å². The van der Waals surface area contributed by atoms with Crippen LogP contribution in [0.5, 0.6) is 0 Å². The second kappa shape index (κ2) is 9.40. The van der Waals surface area contributed by atoms with E-state index >= 15 is 0 Å². The molecule has 0 saturated carbocycles. The zero-order chi connectivity index (χ0) is 20.1. The minimum atomic E-state index is 0.343. The van der Waals surface area contributed by atoms with Crippen molar-refractivity contribution in [2.24, 2.45) is 11.0 Å². The van der Waals surface area contributed by atoms with Gasteiger partial charge in [0.1, 0.15) is 0 Å². The third kappa shape index (κ3) is 4.61. The molecule has 152 valence electrons. The van der Waals surface area contributed by atoms with Gasteiger partial charge in [0.05, 0.1) is 16.3 Å². The molecule has 1 aliphatic rings. The van der Waals surface area contributed by atoms with Crippen molar-refractivity contribution in [3.8, 4) is 0 Å². The fraction of sp³-hybridized carbons (Fsp3) is 0.417. The highest BCUT2D eigenvalue weighted by Crippen LogP contribution is 2.35. The molecule has 0 bridgehead atoms. The lowest BCUT2D eigenvalue weighted by Crippen LogP contribution is -2.30. The maximum atomic E-state index is 4.82. The first kappa shape index (κ1) is 19.9. The predicted molar refractivity (Wildman–Crippen MR) is 125 cm³/mol. The molecule has 0 aliphatic carbocycles. The van der Waals surface area contributed by atoms with Crippen LogP contribution < -0.4 is 5.32 Å². The molecule has 0 fully saturated rings. The van der Waals surface area contributed by atoms with Crippen molar-refractivity contribution < 1.29 is 0 Å². The molecule has 2 aromatic carbocycles. The molecular weight excluding hydrogens is 376 g/mol. The highest BCUT2D eigenvalue weighted by molar-refractivity contribution is 7.22. The number of rotatable bonds is 7. The number of aromatic nitrogens is 1. The van der Waals surface area contributed by atoms with Crippen LogP contribution in [-0.2, 0) is 0 Å². The molecule has 1 aromatic heterocycles. The molecular formula is C24H30N4S. The normalized spacial score (nSPS) is 15.6. The largest absolute Gasteiger partial charge is 0.332 e. The van der Waals surface area contributed by atoms with Crippen molar-refractivity contribution in [1.29, 1.82) is 0 Å². The van der Waals surface area contributed by atoms with Gasteiger partial charge in [-0.25, -0.2) is 4.98 Å². The Hall–Kier alpha value is -2.40. The standard InChI is InChI=1S/C24H30N4S/c1-3-18(4-2)23(28-17-9-5-8-16-25-28)19-12-14-20(15-13-19)26-24-27-21-10-6-7-11-22(21)29-24/h6-7,10-16,18,23H,3-5,8-9,17H2,1-2H3,(H,26,27). The topological polar surface area (TPSA) is 40.5 Å². The summed E-state index contributed by atoms with van der Waals surface area (Å²) in [6.45, 7) is 5.64. The van der Waals surface area contributed by atoms with Gasteiger partial charge < -0.3 is 5.32 Å². The minimum absolute atomic E-state index is 0.343. The first-order valence-corrected chi connectivity index (χ1v) is 11.6. The van der Waals surface area contributed by atoms with E-state index in [2.05, 4.69) is 77.8 Å². The van der Waals surface area contributed by atoms with Crippen LogP contribution in [0.3, 0.4) is 0 Å². The lowest BCUT2D eigenvalue weighted by atomic mass is 9.88. The Bertz CT molecular complexity index is 910. The summed E-state index contributed by atoms with van der Waals surface area (Å²) in [6.07, 6.45) is 7.98. The van der Waals surface area contributed by atoms with Gasteiger partial charge in [0, 0.05) is 18.4 Å². The highest BCUT2D eigenvalue weighted by Gasteiger charge is 2.26. The van der Waals surface area contributed by atoms with E-state index in [-0.39, 0.29) is 0 Å². The molecule has 0 amide bonds. The van der Waals surface area contributed by atoms with Crippen LogP contribution in [0, 0.1) is 5.92 Å². The second-order valence-corrected chi connectivity index (χ2v) is 8.74. The first-order chi connectivity index (χ1) is 14.3. The predicted octanol–water partition coefficient (Wildman–Crippen LogP) is 6.99. The minimum Gasteiger partial charge on any atom is -0.332 e. The lowest BCUT2D eigenvalue weighted by molar-refractivity contribution is 0.141. The van der Waals surface area contributed by atoms with Crippen LogP contribution in [0.25, 0.3) is 10.2 Å². The van der Waals surface area contributed by atoms with Crippen molar-refractivity contribution >= 4 is 38.6 Å². The average Bonchev–Trinajstić information content (AvgIpc) is 2.97. The van der Waals surface area contributed by atoms with E-state index in [1.807, 2.05) is 6.07 Å². The number of hydrogen-bond acceptors (Lipinski definition) is 5. The van der Waals surface area contributed by atoms with E-state index < -0.39 is 0 Å². The van der Waals surface area contributed by atoms with E-state index in [0.717, 1.165) is 29.3 Å². The fourth-order valence-electron chi connectivity index (χ4n) is 4.18. The van der Waals surface area contributed by atoms with E-state index in [4.69, 9.17) is 5.10 Å². The van der Waals surface area contributed by atoms with Gasteiger partial charge in [-0.15, -0.1) is 0 Å². The third-order valence-corrected chi connectivity index (χ3v) is 6.77. The number of nitrogens with one attached hydrogen (secondary N) is 1. The number of thiazole rings is 1. The number of hydrazone groups is 1. The Balaban J connectivity index is 1.55. The van der Waals surface area contributed by atoms with E-state index in [1.165, 1.54) is 35.9 Å². The van der Waals surface area contributed by atoms with Crippen molar-refractivity contribution in [3.63, 3.8) is 0 Å². The van der Waals surface area contributed by atoms with Gasteiger partial charge in [-0.3, -0.25) is 5.01 Å². The average molecular weight is 407 g/mol. The van der Waals surface area contributed by atoms with Crippen molar-refractivity contribution in [2.75, 3.05) is 11.9 Å². The number of nitrogens with zero attached hydrogens (tertiary/aromatic N) is 3. The summed E-state index contributed by atoms with van der Waals surface area (Å²) in [5.41, 5.74) is 3.48. The Kier molecular flexibility index (Phi) is 6.45. The molecule has 2 heterocycles. The highest BCUT2D eigenvalue weighted by atomic mass is 32.1. The van der Waals surface area contributed by atoms with E-state index in [9.17, 15) is 0 Å². The van der Waals surface area contributed by atoms with E-state index in [1.54, 1.807) is 11.3 Å². The fourth-order valence-corrected chi connectivity index (χ4v) is 5.06. The van der Waals surface area contributed by atoms with Crippen molar-refractivity contribution in [2.45, 2.75) is 52.0 Å². The third-order valence-electron chi connectivity index (χ3n) is 5.81. The summed E-state index contributed by atoms with van der Waals surface area (Å²) in [5, 5.41) is 11.6. The van der Waals surface area contributed by atoms with Crippen LogP contribution in [0.1, 0.15) is 57.6 Å². The number of fused-ring (bicyclic) bond motifs is 1. The Labute approximate surface area is 177 Å². The lowest BCUT2D eigenvalue weighted by Gasteiger charge is -2.34. The molecule has 1 N–H and O–H groups in total. The summed E-state index contributed by atoms with van der Waals surface area (Å²) in [7, 11) is 0. The van der Waals surface area contributed by atoms with Gasteiger partial charge in [0.25, 0.3) is 0 Å². The smallest absolute Gasteiger partial charge is 0.188 e. The summed E-state index contributed by atoms with van der Waals surface area (Å²) < 4.78 is 1.21. The Morgan fingerprint density at radius 3 is 2.59 bits per heavy atom. The molecule has 1 unspecified atom stereocenters. The maximum absolute atomic E-state index is 4.82. The van der Waals surface area contributed by atoms with Crippen LogP contribution in [0.2, 0.25) is 0 Å². The Morgan fingerprint density at radius 2 is 1.83 bits per heavy atom. The number of para-hydroxylation sites is 1. The van der Waals surface area contributed by atoms with Crippen LogP contribution in [0.15, 0.2) is 53.6 Å². The number of anilines is 2. The molecule has 3 aromatic rings. The molecule has 1 aliphatic heterocycles. The molecule has 29 heavy (non-hydrogen) atoms. The summed E-state index contributed by atoms with van der Waals surface area (Å²) >= 11 is 1.69. The Morgan fingerprint density at radius 1 is 1.03 bits per heavy atom. The SMILES string of the molecule is CCC(CC)C(c1ccc(Nc2nc3ccccc3s2)cc1)N1CCCCC=N1. The molecule has 5 heteroatoms. The van der Waals surface area contributed by atoms with Gasteiger partial charge in [0.2, 0.25) is 0 Å². The quantitative estimate of drug-likeness (QED) is 0.460. The molecule has 0 saturated heterocycles. The molecule has 4 rings (SSSR count). The van der Waals surface area contributed by atoms with Crippen LogP contribution >= 0.6 is 11.3 Å². The van der Waals surface area contributed by atoms with Crippen molar-refractivity contribution in [1.82, 2.24) is 9.99 Å². The van der Waals surface area contributed by atoms with Crippen LogP contribution in [-0.4, -0.2) is 22.8 Å². The first-order valence-electron chi connectivity index (χ1n) is 10.8. The van der Waals surface area contributed by atoms with Crippen molar-refractivity contribution in [3.05, 3.63) is 54.1 Å². The van der Waals surface area contributed by atoms with Gasteiger partial charge in [-0.1, -0.05) is 62.3 Å². The number of hydrogen-bond donors (Lipinski definition) is 1. The summed E-state index contributed by atoms with van der Waals surface area (Å²) in [6, 6.07) is 17.5. The van der Waals surface area contributed by atoms with Crippen LogP contribution in [0.4, 0.5) is 10.8 Å². The maximum Gasteiger partial charge on any atom is 0.188 e. The summed E-state index contributed by atoms with van der Waals surface area (Å²) in [4.78, 5) is 4.68. The summed E-state index contributed by atoms with van der Waals surface area (Å²) in [5.74, 6) is 0.605.